The van der Waals surface area contributed by atoms with Crippen LogP contribution in [0, 0.1) is 11.2 Å². The molecule has 0 aliphatic rings. The van der Waals surface area contributed by atoms with Crippen molar-refractivity contribution in [2.75, 3.05) is 25.0 Å². The molecule has 0 aliphatic heterocycles. The Kier molecular flexibility index (Phi) is 4.29. The van der Waals surface area contributed by atoms with Crippen molar-refractivity contribution in [3.63, 3.8) is 0 Å². The van der Waals surface area contributed by atoms with Gasteiger partial charge in [-0.1, -0.05) is 29.3 Å². The maximum absolute atomic E-state index is 6.39. The predicted octanol–water partition coefficient (Wildman–Crippen LogP) is 4.01. The number of thioether (sulfide) groups is 1. The van der Waals surface area contributed by atoms with Gasteiger partial charge in [-0.2, -0.15) is 10.0 Å². The number of benzene rings is 1. The SMILES string of the molecule is CSc1ncc2c(Cl)c(C#CS(C)(C)C)ccc2n1. The van der Waals surface area contributed by atoms with Crippen LogP contribution >= 0.6 is 33.4 Å². The zero-order valence-electron chi connectivity index (χ0n) is 11.3. The quantitative estimate of drug-likeness (QED) is 0.452. The molecule has 0 amide bonds. The Morgan fingerprint density at radius 2 is 2.00 bits per heavy atom. The van der Waals surface area contributed by atoms with Crippen LogP contribution < -0.4 is 0 Å². The van der Waals surface area contributed by atoms with Crippen molar-refractivity contribution in [2.45, 2.75) is 5.16 Å². The van der Waals surface area contributed by atoms with E-state index in [9.17, 15) is 0 Å². The van der Waals surface area contributed by atoms with Gasteiger partial charge in [-0.3, -0.25) is 0 Å². The molecule has 0 atom stereocenters. The summed E-state index contributed by atoms with van der Waals surface area (Å²) in [6.45, 7) is 0. The van der Waals surface area contributed by atoms with Crippen molar-refractivity contribution >= 4 is 44.3 Å². The zero-order chi connectivity index (χ0) is 14.0. The van der Waals surface area contributed by atoms with Crippen LogP contribution in [0.15, 0.2) is 23.5 Å². The monoisotopic (exact) mass is 310 g/mol. The Balaban J connectivity index is 2.54. The lowest BCUT2D eigenvalue weighted by Gasteiger charge is -2.15. The molecule has 0 saturated heterocycles. The second-order valence-corrected chi connectivity index (χ2v) is 9.81. The molecule has 1 aromatic heterocycles. The van der Waals surface area contributed by atoms with E-state index >= 15 is 0 Å². The second-order valence-electron chi connectivity index (χ2n) is 4.78. The Bertz CT molecular complexity index is 681. The number of hydrogen-bond acceptors (Lipinski definition) is 3. The fourth-order valence-corrected chi connectivity index (χ4v) is 2.48. The van der Waals surface area contributed by atoms with Crippen molar-refractivity contribution in [1.29, 1.82) is 0 Å². The van der Waals surface area contributed by atoms with Gasteiger partial charge in [0.25, 0.3) is 0 Å². The molecule has 0 radical (unpaired) electrons. The molecule has 1 aromatic carbocycles. The van der Waals surface area contributed by atoms with E-state index in [0.717, 1.165) is 21.6 Å². The fourth-order valence-electron chi connectivity index (χ4n) is 1.46. The number of fused-ring (bicyclic) bond motifs is 1. The Morgan fingerprint density at radius 1 is 1.26 bits per heavy atom. The summed E-state index contributed by atoms with van der Waals surface area (Å²) in [6, 6.07) is 3.88. The molecule has 5 heteroatoms. The minimum atomic E-state index is -0.857. The van der Waals surface area contributed by atoms with Crippen LogP contribution in [0.5, 0.6) is 0 Å². The molecule has 2 nitrogen and oxygen atoms in total. The molecule has 1 heterocycles. The van der Waals surface area contributed by atoms with E-state index in [1.165, 1.54) is 11.8 Å². The van der Waals surface area contributed by atoms with Gasteiger partial charge in [0, 0.05) is 17.1 Å². The second kappa shape index (κ2) is 5.62. The highest BCUT2D eigenvalue weighted by Gasteiger charge is 2.07. The highest BCUT2D eigenvalue weighted by molar-refractivity contribution is 8.35. The van der Waals surface area contributed by atoms with Crippen LogP contribution in [0.4, 0.5) is 0 Å². The van der Waals surface area contributed by atoms with Gasteiger partial charge in [-0.05, 0) is 42.4 Å². The van der Waals surface area contributed by atoms with Crippen LogP contribution in [-0.2, 0) is 0 Å². The topological polar surface area (TPSA) is 25.8 Å². The molecule has 0 unspecified atom stereocenters. The molecule has 0 bridgehead atoms. The van der Waals surface area contributed by atoms with Crippen LogP contribution in [0.25, 0.3) is 10.9 Å². The van der Waals surface area contributed by atoms with E-state index in [2.05, 4.69) is 39.9 Å². The zero-order valence-corrected chi connectivity index (χ0v) is 13.7. The Morgan fingerprint density at radius 3 is 2.63 bits per heavy atom. The summed E-state index contributed by atoms with van der Waals surface area (Å²) in [4.78, 5) is 8.69. The van der Waals surface area contributed by atoms with Crippen molar-refractivity contribution < 1.29 is 0 Å². The normalized spacial score (nSPS) is 12.1. The number of nitrogens with zero attached hydrogens (tertiary/aromatic N) is 2. The highest BCUT2D eigenvalue weighted by atomic mass is 35.5. The third-order valence-corrected chi connectivity index (χ3v) is 4.03. The summed E-state index contributed by atoms with van der Waals surface area (Å²) in [5.41, 5.74) is 1.70. The van der Waals surface area contributed by atoms with Gasteiger partial charge in [0.1, 0.15) is 0 Å². The van der Waals surface area contributed by atoms with Gasteiger partial charge >= 0.3 is 0 Å². The molecule has 0 spiro atoms. The molecule has 100 valence electrons. The average molecular weight is 311 g/mol. The first kappa shape index (κ1) is 14.5. The molecule has 2 rings (SSSR count). The van der Waals surface area contributed by atoms with Gasteiger partial charge in [-0.25, -0.2) is 9.97 Å². The maximum atomic E-state index is 6.39. The van der Waals surface area contributed by atoms with Gasteiger partial charge < -0.3 is 0 Å². The number of rotatable bonds is 1. The summed E-state index contributed by atoms with van der Waals surface area (Å²) in [5.74, 6) is 3.17. The molecule has 19 heavy (non-hydrogen) atoms. The van der Waals surface area contributed by atoms with E-state index in [0.29, 0.717) is 5.02 Å². The lowest BCUT2D eigenvalue weighted by atomic mass is 10.1. The molecular formula is C14H15ClN2S2. The van der Waals surface area contributed by atoms with Crippen LogP contribution in [0.1, 0.15) is 5.56 Å². The first-order chi connectivity index (χ1) is 8.90. The minimum Gasteiger partial charge on any atom is -0.230 e. The van der Waals surface area contributed by atoms with Crippen LogP contribution in [-0.4, -0.2) is 35.0 Å². The van der Waals surface area contributed by atoms with Gasteiger partial charge in [0.05, 0.1) is 10.5 Å². The lowest BCUT2D eigenvalue weighted by molar-refractivity contribution is 1.01. The van der Waals surface area contributed by atoms with E-state index in [1.807, 2.05) is 18.4 Å². The van der Waals surface area contributed by atoms with Crippen LogP contribution in [0.3, 0.4) is 0 Å². The number of aromatic nitrogens is 2. The van der Waals surface area contributed by atoms with Gasteiger partial charge in [-0.15, -0.1) is 0 Å². The van der Waals surface area contributed by atoms with Crippen LogP contribution in [0.2, 0.25) is 5.02 Å². The van der Waals surface area contributed by atoms with Crippen molar-refractivity contribution in [3.8, 4) is 11.2 Å². The summed E-state index contributed by atoms with van der Waals surface area (Å²) >= 11 is 7.90. The Labute approximate surface area is 124 Å². The molecule has 0 aliphatic carbocycles. The maximum Gasteiger partial charge on any atom is 0.187 e. The van der Waals surface area contributed by atoms with Crippen molar-refractivity contribution in [2.24, 2.45) is 0 Å². The largest absolute Gasteiger partial charge is 0.230 e. The van der Waals surface area contributed by atoms with Gasteiger partial charge in [0.15, 0.2) is 5.16 Å². The first-order valence-corrected chi connectivity index (χ1v) is 10.1. The third-order valence-electron chi connectivity index (χ3n) is 2.35. The summed E-state index contributed by atoms with van der Waals surface area (Å²) in [6.07, 6.45) is 10.2. The van der Waals surface area contributed by atoms with Crippen molar-refractivity contribution in [3.05, 3.63) is 28.9 Å². The molecule has 0 fully saturated rings. The third kappa shape index (κ3) is 3.56. The fraction of sp³-hybridized carbons (Fsp3) is 0.286. The van der Waals surface area contributed by atoms with E-state index in [4.69, 9.17) is 11.6 Å². The summed E-state index contributed by atoms with van der Waals surface area (Å²) in [7, 11) is -0.857. The highest BCUT2D eigenvalue weighted by Crippen LogP contribution is 2.33. The first-order valence-electron chi connectivity index (χ1n) is 5.61. The van der Waals surface area contributed by atoms with E-state index < -0.39 is 10.0 Å². The summed E-state index contributed by atoms with van der Waals surface area (Å²) in [5, 5.41) is 5.52. The minimum absolute atomic E-state index is 0.640. The average Bonchev–Trinajstić information content (AvgIpc) is 2.36. The molecular weight excluding hydrogens is 296 g/mol. The lowest BCUT2D eigenvalue weighted by Crippen LogP contribution is -1.90. The van der Waals surface area contributed by atoms with E-state index in [-0.39, 0.29) is 0 Å². The molecule has 0 saturated carbocycles. The molecule has 2 aromatic rings. The van der Waals surface area contributed by atoms with Gasteiger partial charge in [0.2, 0.25) is 0 Å². The predicted molar refractivity (Wildman–Crippen MR) is 88.6 cm³/mol. The standard InChI is InChI=1S/C14H15ClN2S2/c1-18-14-16-9-11-12(17-14)6-5-10(13(11)15)7-8-19(2,3)4/h5-6,9H,1-4H3. The van der Waals surface area contributed by atoms with E-state index in [1.54, 1.807) is 6.20 Å². The summed E-state index contributed by atoms with van der Waals surface area (Å²) < 4.78 is 0. The number of hydrogen-bond donors (Lipinski definition) is 0. The smallest absolute Gasteiger partial charge is 0.187 e. The molecule has 0 N–H and O–H groups in total. The van der Waals surface area contributed by atoms with Crippen molar-refractivity contribution in [1.82, 2.24) is 9.97 Å². The Hall–Kier alpha value is -0.890. The number of halogens is 1.